The van der Waals surface area contributed by atoms with E-state index >= 15 is 0 Å². The molecule has 0 unspecified atom stereocenters. The average Bonchev–Trinajstić information content (AvgIpc) is 2.62. The van der Waals surface area contributed by atoms with E-state index in [1.165, 1.54) is 24.3 Å². The van der Waals surface area contributed by atoms with E-state index in [4.69, 9.17) is 9.47 Å². The zero-order chi connectivity index (χ0) is 20.0. The van der Waals surface area contributed by atoms with Crippen LogP contribution in [0, 0.1) is 17.0 Å². The number of ether oxygens (including phenoxy) is 2. The van der Waals surface area contributed by atoms with Crippen LogP contribution >= 0.6 is 0 Å². The first-order valence-corrected chi connectivity index (χ1v) is 9.67. The quantitative estimate of drug-likeness (QED) is 0.386. The molecule has 0 spiro atoms. The zero-order valence-corrected chi connectivity index (χ0v) is 16.0. The molecule has 0 fully saturated rings. The van der Waals surface area contributed by atoms with Crippen molar-refractivity contribution in [2.75, 3.05) is 13.2 Å². The van der Waals surface area contributed by atoms with Gasteiger partial charge in [-0.15, -0.1) is 0 Å². The predicted octanol–water partition coefficient (Wildman–Crippen LogP) is 3.51. The number of sulfonamides is 1. The lowest BCUT2D eigenvalue weighted by Crippen LogP contribution is -2.04. The third-order valence-corrected chi connectivity index (χ3v) is 4.75. The second-order valence-corrected chi connectivity index (χ2v) is 7.15. The Labute approximate surface area is 157 Å². The number of nitro groups is 1. The van der Waals surface area contributed by atoms with Gasteiger partial charge in [0.1, 0.15) is 0 Å². The van der Waals surface area contributed by atoms with Crippen molar-refractivity contribution in [1.29, 1.82) is 0 Å². The molecular formula is C18H20N2O6S. The highest BCUT2D eigenvalue weighted by molar-refractivity contribution is 7.90. The highest BCUT2D eigenvalue weighted by atomic mass is 32.2. The minimum Gasteiger partial charge on any atom is -0.490 e. The minimum absolute atomic E-state index is 0.00268. The van der Waals surface area contributed by atoms with Crippen LogP contribution in [-0.4, -0.2) is 32.8 Å². The van der Waals surface area contributed by atoms with E-state index in [1.807, 2.05) is 6.92 Å². The molecule has 27 heavy (non-hydrogen) atoms. The van der Waals surface area contributed by atoms with Gasteiger partial charge < -0.3 is 9.47 Å². The smallest absolute Gasteiger partial charge is 0.315 e. The molecule has 0 atom stereocenters. The number of nitro benzene ring substituents is 1. The Morgan fingerprint density at radius 3 is 2.30 bits per heavy atom. The van der Waals surface area contributed by atoms with Crippen LogP contribution in [0.2, 0.25) is 0 Å². The number of rotatable bonds is 8. The van der Waals surface area contributed by atoms with Crippen LogP contribution in [0.3, 0.4) is 0 Å². The summed E-state index contributed by atoms with van der Waals surface area (Å²) in [6.07, 6.45) is 1.06. The first-order valence-electron chi connectivity index (χ1n) is 8.23. The van der Waals surface area contributed by atoms with Gasteiger partial charge in [-0.05, 0) is 39.0 Å². The Bertz CT molecular complexity index is 953. The fourth-order valence-corrected chi connectivity index (χ4v) is 3.13. The van der Waals surface area contributed by atoms with Crippen LogP contribution in [0.15, 0.2) is 45.7 Å². The second kappa shape index (κ2) is 8.63. The lowest BCUT2D eigenvalue weighted by molar-refractivity contribution is -0.385. The summed E-state index contributed by atoms with van der Waals surface area (Å²) in [7, 11) is -3.93. The molecular weight excluding hydrogens is 372 g/mol. The van der Waals surface area contributed by atoms with Gasteiger partial charge in [-0.2, -0.15) is 12.8 Å². The average molecular weight is 392 g/mol. The molecule has 9 heteroatoms. The summed E-state index contributed by atoms with van der Waals surface area (Å²) in [6, 6.07) is 8.88. The van der Waals surface area contributed by atoms with Gasteiger partial charge in [0.2, 0.25) is 5.75 Å². The van der Waals surface area contributed by atoms with E-state index in [1.54, 1.807) is 26.0 Å². The first kappa shape index (κ1) is 20.4. The Balaban J connectivity index is 2.47. The van der Waals surface area contributed by atoms with E-state index in [9.17, 15) is 18.5 Å². The molecule has 8 nitrogen and oxygen atoms in total. The van der Waals surface area contributed by atoms with Crippen LogP contribution in [-0.2, 0) is 10.0 Å². The first-order chi connectivity index (χ1) is 12.8. The van der Waals surface area contributed by atoms with Gasteiger partial charge in [0.05, 0.1) is 23.0 Å². The minimum atomic E-state index is -3.93. The summed E-state index contributed by atoms with van der Waals surface area (Å²) in [4.78, 5) is 10.8. The Morgan fingerprint density at radius 2 is 1.74 bits per heavy atom. The highest BCUT2D eigenvalue weighted by Gasteiger charge is 2.22. The summed E-state index contributed by atoms with van der Waals surface area (Å²) in [5.74, 6) is 0.158. The molecule has 0 aliphatic rings. The second-order valence-electron chi connectivity index (χ2n) is 5.51. The number of aryl methyl sites for hydroxylation is 1. The normalized spacial score (nSPS) is 11.5. The predicted molar refractivity (Wildman–Crippen MR) is 101 cm³/mol. The van der Waals surface area contributed by atoms with Gasteiger partial charge >= 0.3 is 5.69 Å². The fraction of sp³-hybridized carbons (Fsp3) is 0.278. The van der Waals surface area contributed by atoms with Gasteiger partial charge in [0, 0.05) is 17.8 Å². The lowest BCUT2D eigenvalue weighted by Gasteiger charge is -2.11. The van der Waals surface area contributed by atoms with Crippen molar-refractivity contribution in [2.45, 2.75) is 25.7 Å². The van der Waals surface area contributed by atoms with Crippen LogP contribution in [0.25, 0.3) is 0 Å². The van der Waals surface area contributed by atoms with Gasteiger partial charge in [-0.1, -0.05) is 17.7 Å². The van der Waals surface area contributed by atoms with Crippen molar-refractivity contribution >= 4 is 21.9 Å². The molecule has 0 N–H and O–H groups in total. The van der Waals surface area contributed by atoms with Gasteiger partial charge in [-0.3, -0.25) is 10.1 Å². The number of hydrogen-bond acceptors (Lipinski definition) is 6. The van der Waals surface area contributed by atoms with Crippen molar-refractivity contribution in [3.63, 3.8) is 0 Å². The Hall–Kier alpha value is -2.94. The molecule has 0 aliphatic heterocycles. The zero-order valence-electron chi connectivity index (χ0n) is 15.2. The SMILES string of the molecule is CCOc1cc(/C=N\S(=O)(=O)c2ccc(C)cc2)cc([N+](=O)[O-])c1OCC. The molecule has 0 radical (unpaired) electrons. The molecule has 2 aromatic rings. The van der Waals surface area contributed by atoms with E-state index in [2.05, 4.69) is 4.40 Å². The van der Waals surface area contributed by atoms with E-state index in [0.717, 1.165) is 11.8 Å². The summed E-state index contributed by atoms with van der Waals surface area (Å²) < 4.78 is 39.0. The van der Waals surface area contributed by atoms with E-state index in [-0.39, 0.29) is 40.9 Å². The maximum absolute atomic E-state index is 12.3. The van der Waals surface area contributed by atoms with Gasteiger partial charge in [0.25, 0.3) is 10.0 Å². The Morgan fingerprint density at radius 1 is 1.11 bits per heavy atom. The van der Waals surface area contributed by atoms with Crippen molar-refractivity contribution in [3.05, 3.63) is 57.6 Å². The molecule has 2 rings (SSSR count). The van der Waals surface area contributed by atoms with Crippen molar-refractivity contribution in [1.82, 2.24) is 0 Å². The molecule has 0 aliphatic carbocycles. The molecule has 0 aromatic heterocycles. The number of nitrogens with zero attached hydrogens (tertiary/aromatic N) is 2. The summed E-state index contributed by atoms with van der Waals surface area (Å²) in [6.45, 7) is 5.75. The van der Waals surface area contributed by atoms with E-state index < -0.39 is 14.9 Å². The summed E-state index contributed by atoms with van der Waals surface area (Å²) in [5, 5.41) is 11.4. The van der Waals surface area contributed by atoms with Crippen LogP contribution in [0.5, 0.6) is 11.5 Å². The van der Waals surface area contributed by atoms with Crippen molar-refractivity contribution in [3.8, 4) is 11.5 Å². The van der Waals surface area contributed by atoms with Crippen LogP contribution in [0.1, 0.15) is 25.0 Å². The molecule has 0 heterocycles. The maximum atomic E-state index is 12.3. The molecule has 0 saturated carbocycles. The topological polar surface area (TPSA) is 108 Å². The third kappa shape index (κ3) is 5.04. The molecule has 0 saturated heterocycles. The molecule has 2 aromatic carbocycles. The monoisotopic (exact) mass is 392 g/mol. The Kier molecular flexibility index (Phi) is 6.51. The number of benzene rings is 2. The number of hydrogen-bond donors (Lipinski definition) is 0. The summed E-state index contributed by atoms with van der Waals surface area (Å²) in [5.41, 5.74) is 0.808. The van der Waals surface area contributed by atoms with Crippen molar-refractivity contribution < 1.29 is 22.8 Å². The van der Waals surface area contributed by atoms with Gasteiger partial charge in [-0.25, -0.2) is 0 Å². The third-order valence-electron chi connectivity index (χ3n) is 3.50. The maximum Gasteiger partial charge on any atom is 0.315 e. The molecule has 0 amide bonds. The van der Waals surface area contributed by atoms with Crippen LogP contribution < -0.4 is 9.47 Å². The fourth-order valence-electron chi connectivity index (χ4n) is 2.27. The molecule has 144 valence electrons. The van der Waals surface area contributed by atoms with E-state index in [0.29, 0.717) is 0 Å². The van der Waals surface area contributed by atoms with Crippen molar-refractivity contribution in [2.24, 2.45) is 4.40 Å². The molecule has 0 bridgehead atoms. The summed E-state index contributed by atoms with van der Waals surface area (Å²) >= 11 is 0. The standard InChI is InChI=1S/C18H20N2O6S/c1-4-25-17-11-14(10-16(20(21)22)18(17)26-5-2)12-19-27(23,24)15-8-6-13(3)7-9-15/h6-12H,4-5H2,1-3H3/b19-12-. The largest absolute Gasteiger partial charge is 0.490 e. The highest BCUT2D eigenvalue weighted by Crippen LogP contribution is 2.38. The lowest BCUT2D eigenvalue weighted by atomic mass is 10.2. The van der Waals surface area contributed by atoms with Gasteiger partial charge in [0.15, 0.2) is 5.75 Å². The van der Waals surface area contributed by atoms with Crippen LogP contribution in [0.4, 0.5) is 5.69 Å².